The zero-order chi connectivity index (χ0) is 18.5. The van der Waals surface area contributed by atoms with Gasteiger partial charge in [-0.25, -0.2) is 0 Å². The summed E-state index contributed by atoms with van der Waals surface area (Å²) in [5.41, 5.74) is 1.89. The lowest BCUT2D eigenvalue weighted by molar-refractivity contribution is -0.117. The molecule has 0 radical (unpaired) electrons. The summed E-state index contributed by atoms with van der Waals surface area (Å²) in [6.45, 7) is 9.96. The van der Waals surface area contributed by atoms with Crippen LogP contribution in [-0.4, -0.2) is 55.0 Å². The molecule has 0 unspecified atom stereocenters. The largest absolute Gasteiger partial charge is 0.315 e. The van der Waals surface area contributed by atoms with Crippen molar-refractivity contribution in [1.29, 1.82) is 5.26 Å². The highest BCUT2D eigenvalue weighted by molar-refractivity contribution is 7.16. The summed E-state index contributed by atoms with van der Waals surface area (Å²) in [6, 6.07) is 2.34. The number of nitrogens with zero attached hydrogens (tertiary/aromatic N) is 3. The van der Waals surface area contributed by atoms with Gasteiger partial charge in [0, 0.05) is 31.1 Å². The first-order chi connectivity index (χ1) is 12.6. The molecule has 1 aromatic rings. The van der Waals surface area contributed by atoms with E-state index in [2.05, 4.69) is 35.0 Å². The van der Waals surface area contributed by atoms with E-state index in [4.69, 9.17) is 0 Å². The Hall–Kier alpha value is -1.42. The van der Waals surface area contributed by atoms with Gasteiger partial charge in [0.1, 0.15) is 11.1 Å². The standard InChI is InChI=1S/C20H30N4OS/c1-3-7-23-8-10-24(11-9-23)14-19(25)22-20-17(13-21)16-6-5-15(4-2)12-18(16)26-20/h15H,3-12,14H2,1-2H3,(H,22,25)/t15-/m0/s1. The molecular weight excluding hydrogens is 344 g/mol. The Balaban J connectivity index is 1.58. The Bertz CT molecular complexity index is 670. The number of nitrogens with one attached hydrogen (secondary N) is 1. The summed E-state index contributed by atoms with van der Waals surface area (Å²) in [5, 5.41) is 13.4. The molecule has 1 atom stereocenters. The van der Waals surface area contributed by atoms with Crippen molar-refractivity contribution in [3.63, 3.8) is 0 Å². The molecule has 1 fully saturated rings. The second-order valence-corrected chi connectivity index (χ2v) is 8.61. The van der Waals surface area contributed by atoms with Gasteiger partial charge < -0.3 is 10.2 Å². The average Bonchev–Trinajstić information content (AvgIpc) is 2.99. The van der Waals surface area contributed by atoms with Crippen LogP contribution in [0, 0.1) is 17.2 Å². The number of carbonyl (C=O) groups is 1. The Morgan fingerprint density at radius 1 is 1.27 bits per heavy atom. The molecular formula is C20H30N4OS. The predicted molar refractivity (Wildman–Crippen MR) is 107 cm³/mol. The maximum absolute atomic E-state index is 12.5. The Morgan fingerprint density at radius 2 is 2.00 bits per heavy atom. The lowest BCUT2D eigenvalue weighted by Gasteiger charge is -2.34. The Labute approximate surface area is 161 Å². The van der Waals surface area contributed by atoms with Crippen LogP contribution in [0.15, 0.2) is 0 Å². The van der Waals surface area contributed by atoms with Crippen LogP contribution in [0.4, 0.5) is 5.00 Å². The lowest BCUT2D eigenvalue weighted by Crippen LogP contribution is -2.48. The normalized spacial score (nSPS) is 21.2. The number of anilines is 1. The molecule has 1 N–H and O–H groups in total. The first-order valence-corrected chi connectivity index (χ1v) is 10.7. The van der Waals surface area contributed by atoms with Gasteiger partial charge in [0.25, 0.3) is 0 Å². The number of hydrogen-bond acceptors (Lipinski definition) is 5. The van der Waals surface area contributed by atoms with Crippen molar-refractivity contribution in [3.05, 3.63) is 16.0 Å². The lowest BCUT2D eigenvalue weighted by atomic mass is 9.86. The van der Waals surface area contributed by atoms with Crippen LogP contribution in [0.5, 0.6) is 0 Å². The molecule has 3 rings (SSSR count). The highest BCUT2D eigenvalue weighted by Crippen LogP contribution is 2.39. The molecule has 26 heavy (non-hydrogen) atoms. The maximum atomic E-state index is 12.5. The van der Waals surface area contributed by atoms with Gasteiger partial charge in [0.2, 0.25) is 5.91 Å². The van der Waals surface area contributed by atoms with E-state index in [1.807, 2.05) is 0 Å². The van der Waals surface area contributed by atoms with E-state index in [9.17, 15) is 10.1 Å². The third-order valence-corrected chi connectivity index (χ3v) is 6.85. The molecule has 1 saturated heterocycles. The van der Waals surface area contributed by atoms with Gasteiger partial charge in [-0.05, 0) is 43.7 Å². The number of rotatable bonds is 6. The fraction of sp³-hybridized carbons (Fsp3) is 0.700. The van der Waals surface area contributed by atoms with E-state index >= 15 is 0 Å². The zero-order valence-electron chi connectivity index (χ0n) is 16.0. The van der Waals surface area contributed by atoms with Crippen LogP contribution in [-0.2, 0) is 17.6 Å². The van der Waals surface area contributed by atoms with Crippen LogP contribution in [0.25, 0.3) is 0 Å². The van der Waals surface area contributed by atoms with E-state index in [1.54, 1.807) is 11.3 Å². The summed E-state index contributed by atoms with van der Waals surface area (Å²) in [7, 11) is 0. The smallest absolute Gasteiger partial charge is 0.239 e. The second-order valence-electron chi connectivity index (χ2n) is 7.50. The molecule has 5 nitrogen and oxygen atoms in total. The number of piperazine rings is 1. The zero-order valence-corrected chi connectivity index (χ0v) is 16.8. The monoisotopic (exact) mass is 374 g/mol. The fourth-order valence-electron chi connectivity index (χ4n) is 4.07. The first-order valence-electron chi connectivity index (χ1n) is 9.93. The van der Waals surface area contributed by atoms with E-state index in [0.717, 1.165) is 62.9 Å². The number of hydrogen-bond donors (Lipinski definition) is 1. The maximum Gasteiger partial charge on any atom is 0.239 e. The molecule has 1 aliphatic carbocycles. The predicted octanol–water partition coefficient (Wildman–Crippen LogP) is 3.10. The molecule has 142 valence electrons. The number of carbonyl (C=O) groups excluding carboxylic acids is 1. The van der Waals surface area contributed by atoms with E-state index in [-0.39, 0.29) is 5.91 Å². The third-order valence-electron chi connectivity index (χ3n) is 5.68. The minimum atomic E-state index is 0.0103. The van der Waals surface area contributed by atoms with Crippen molar-refractivity contribution in [1.82, 2.24) is 9.80 Å². The SMILES string of the molecule is CCCN1CCN(CC(=O)Nc2sc3c(c2C#N)CC[C@H](CC)C3)CC1. The third kappa shape index (κ3) is 4.46. The van der Waals surface area contributed by atoms with Crippen molar-refractivity contribution < 1.29 is 4.79 Å². The van der Waals surface area contributed by atoms with Gasteiger partial charge in [-0.15, -0.1) is 11.3 Å². The summed E-state index contributed by atoms with van der Waals surface area (Å²) >= 11 is 1.62. The van der Waals surface area contributed by atoms with Gasteiger partial charge in [0.05, 0.1) is 12.1 Å². The summed E-state index contributed by atoms with van der Waals surface area (Å²) in [4.78, 5) is 18.5. The van der Waals surface area contributed by atoms with Gasteiger partial charge in [0.15, 0.2) is 0 Å². The van der Waals surface area contributed by atoms with Gasteiger partial charge in [-0.1, -0.05) is 20.3 Å². The minimum Gasteiger partial charge on any atom is -0.315 e. The van der Waals surface area contributed by atoms with Crippen molar-refractivity contribution in [2.24, 2.45) is 5.92 Å². The topological polar surface area (TPSA) is 59.4 Å². The minimum absolute atomic E-state index is 0.0103. The second kappa shape index (κ2) is 8.98. The number of nitriles is 1. The highest BCUT2D eigenvalue weighted by Gasteiger charge is 2.26. The molecule has 6 heteroatoms. The highest BCUT2D eigenvalue weighted by atomic mass is 32.1. The van der Waals surface area contributed by atoms with Gasteiger partial charge in [-0.2, -0.15) is 5.26 Å². The van der Waals surface area contributed by atoms with E-state index in [0.29, 0.717) is 12.1 Å². The molecule has 1 aliphatic heterocycles. The quantitative estimate of drug-likeness (QED) is 0.831. The molecule has 1 amide bonds. The van der Waals surface area contributed by atoms with Crippen LogP contribution in [0.3, 0.4) is 0 Å². The molecule has 0 aromatic carbocycles. The summed E-state index contributed by atoms with van der Waals surface area (Å²) < 4.78 is 0. The van der Waals surface area contributed by atoms with Crippen LogP contribution >= 0.6 is 11.3 Å². The van der Waals surface area contributed by atoms with Gasteiger partial charge in [-0.3, -0.25) is 9.69 Å². The van der Waals surface area contributed by atoms with Crippen molar-refractivity contribution in [2.75, 3.05) is 44.6 Å². The Morgan fingerprint density at radius 3 is 2.65 bits per heavy atom. The number of thiophene rings is 1. The molecule has 0 saturated carbocycles. The van der Waals surface area contributed by atoms with Crippen LogP contribution < -0.4 is 5.32 Å². The number of amides is 1. The van der Waals surface area contributed by atoms with E-state index < -0.39 is 0 Å². The fourth-order valence-corrected chi connectivity index (χ4v) is 5.39. The van der Waals surface area contributed by atoms with Gasteiger partial charge >= 0.3 is 0 Å². The molecule has 2 aliphatic rings. The van der Waals surface area contributed by atoms with Crippen molar-refractivity contribution in [2.45, 2.75) is 46.0 Å². The molecule has 2 heterocycles. The molecule has 0 spiro atoms. The molecule has 0 bridgehead atoms. The van der Waals surface area contributed by atoms with Crippen molar-refractivity contribution >= 4 is 22.2 Å². The first kappa shape index (κ1) is 19.3. The van der Waals surface area contributed by atoms with Crippen molar-refractivity contribution in [3.8, 4) is 6.07 Å². The van der Waals surface area contributed by atoms with Crippen LogP contribution in [0.2, 0.25) is 0 Å². The summed E-state index contributed by atoms with van der Waals surface area (Å²) in [6.07, 6.45) is 5.55. The molecule has 1 aromatic heterocycles. The Kier molecular flexibility index (Phi) is 6.68. The summed E-state index contributed by atoms with van der Waals surface area (Å²) in [5.74, 6) is 0.728. The van der Waals surface area contributed by atoms with Crippen LogP contribution in [0.1, 0.15) is 49.1 Å². The average molecular weight is 375 g/mol. The number of fused-ring (bicyclic) bond motifs is 1. The van der Waals surface area contributed by atoms with E-state index in [1.165, 1.54) is 23.3 Å².